The third kappa shape index (κ3) is 4.21. The highest BCUT2D eigenvalue weighted by Gasteiger charge is 2.21. The highest BCUT2D eigenvalue weighted by Crippen LogP contribution is 2.19. The van der Waals surface area contributed by atoms with Crippen molar-refractivity contribution in [2.45, 2.75) is 19.8 Å². The van der Waals surface area contributed by atoms with Gasteiger partial charge in [0.1, 0.15) is 0 Å². The Balaban J connectivity index is 1.99. The molecule has 1 aromatic rings. The fourth-order valence-corrected chi connectivity index (χ4v) is 2.43. The number of hydrogen-bond acceptors (Lipinski definition) is 3. The third-order valence-corrected chi connectivity index (χ3v) is 3.91. The van der Waals surface area contributed by atoms with E-state index in [1.807, 2.05) is 29.2 Å². The molecule has 0 saturated carbocycles. The Kier molecular flexibility index (Phi) is 5.20. The van der Waals surface area contributed by atoms with Crippen molar-refractivity contribution in [2.75, 3.05) is 32.0 Å². The minimum absolute atomic E-state index is 0.0745. The van der Waals surface area contributed by atoms with Crippen LogP contribution in [0.25, 0.3) is 0 Å². The molecule has 1 heterocycles. The van der Waals surface area contributed by atoms with Crippen LogP contribution in [-0.4, -0.2) is 43.4 Å². The standard InChI is InChI=1S/C16H23N3O2/c1-12-6-8-19(9-7-12)16(21)13-4-3-5-14(10-13)18-11-15(20)17-2/h3-5,10,12,18H,6-9,11H2,1-2H3,(H,17,20). The number of likely N-dealkylation sites (N-methyl/N-ethyl adjacent to an activating group) is 1. The van der Waals surface area contributed by atoms with E-state index >= 15 is 0 Å². The average molecular weight is 289 g/mol. The molecular weight excluding hydrogens is 266 g/mol. The Morgan fingerprint density at radius 2 is 2.00 bits per heavy atom. The fraction of sp³-hybridized carbons (Fsp3) is 0.500. The molecule has 0 atom stereocenters. The van der Waals surface area contributed by atoms with E-state index in [4.69, 9.17) is 0 Å². The molecule has 5 nitrogen and oxygen atoms in total. The topological polar surface area (TPSA) is 61.4 Å². The van der Waals surface area contributed by atoms with Gasteiger partial charge >= 0.3 is 0 Å². The molecule has 1 fully saturated rings. The number of benzene rings is 1. The lowest BCUT2D eigenvalue weighted by atomic mass is 9.98. The number of anilines is 1. The van der Waals surface area contributed by atoms with E-state index < -0.39 is 0 Å². The smallest absolute Gasteiger partial charge is 0.253 e. The summed E-state index contributed by atoms with van der Waals surface area (Å²) < 4.78 is 0. The molecule has 1 aromatic carbocycles. The number of carbonyl (C=O) groups is 2. The summed E-state index contributed by atoms with van der Waals surface area (Å²) in [5, 5.41) is 5.57. The van der Waals surface area contributed by atoms with Gasteiger partial charge in [0.25, 0.3) is 5.91 Å². The minimum Gasteiger partial charge on any atom is -0.376 e. The van der Waals surface area contributed by atoms with E-state index in [-0.39, 0.29) is 18.4 Å². The largest absolute Gasteiger partial charge is 0.376 e. The zero-order chi connectivity index (χ0) is 15.2. The molecule has 2 N–H and O–H groups in total. The summed E-state index contributed by atoms with van der Waals surface area (Å²) in [5.41, 5.74) is 1.46. The number of nitrogens with one attached hydrogen (secondary N) is 2. The number of hydrogen-bond donors (Lipinski definition) is 2. The molecular formula is C16H23N3O2. The van der Waals surface area contributed by atoms with Gasteiger partial charge in [-0.3, -0.25) is 9.59 Å². The predicted octanol–water partition coefficient (Wildman–Crippen LogP) is 1.72. The van der Waals surface area contributed by atoms with E-state index in [1.165, 1.54) is 0 Å². The molecule has 0 aromatic heterocycles. The molecule has 5 heteroatoms. The Bertz CT molecular complexity index is 508. The van der Waals surface area contributed by atoms with Gasteiger partial charge in [-0.1, -0.05) is 13.0 Å². The second-order valence-electron chi connectivity index (χ2n) is 5.58. The summed E-state index contributed by atoms with van der Waals surface area (Å²) in [6, 6.07) is 7.33. The lowest BCUT2D eigenvalue weighted by Crippen LogP contribution is -2.37. The van der Waals surface area contributed by atoms with Gasteiger partial charge in [0.2, 0.25) is 5.91 Å². The van der Waals surface area contributed by atoms with Crippen LogP contribution in [0.3, 0.4) is 0 Å². The first-order valence-electron chi connectivity index (χ1n) is 7.44. The maximum Gasteiger partial charge on any atom is 0.253 e. The van der Waals surface area contributed by atoms with Crippen molar-refractivity contribution in [3.8, 4) is 0 Å². The van der Waals surface area contributed by atoms with Gasteiger partial charge in [-0.25, -0.2) is 0 Å². The van der Waals surface area contributed by atoms with E-state index in [0.29, 0.717) is 11.5 Å². The lowest BCUT2D eigenvalue weighted by Gasteiger charge is -2.30. The van der Waals surface area contributed by atoms with Gasteiger partial charge in [0.15, 0.2) is 0 Å². The van der Waals surface area contributed by atoms with Crippen molar-refractivity contribution in [2.24, 2.45) is 5.92 Å². The summed E-state index contributed by atoms with van der Waals surface area (Å²) in [6.07, 6.45) is 2.14. The monoisotopic (exact) mass is 289 g/mol. The van der Waals surface area contributed by atoms with Crippen LogP contribution in [0.5, 0.6) is 0 Å². The predicted molar refractivity (Wildman–Crippen MR) is 83.3 cm³/mol. The fourth-order valence-electron chi connectivity index (χ4n) is 2.43. The molecule has 0 radical (unpaired) electrons. The zero-order valence-corrected chi connectivity index (χ0v) is 12.7. The molecule has 2 amide bonds. The van der Waals surface area contributed by atoms with Gasteiger partial charge in [0.05, 0.1) is 6.54 Å². The van der Waals surface area contributed by atoms with Crippen LogP contribution >= 0.6 is 0 Å². The lowest BCUT2D eigenvalue weighted by molar-refractivity contribution is -0.118. The molecule has 0 aliphatic carbocycles. The normalized spacial score (nSPS) is 15.6. The summed E-state index contributed by atoms with van der Waals surface area (Å²) in [6.45, 7) is 4.09. The number of likely N-dealkylation sites (tertiary alicyclic amines) is 1. The molecule has 0 unspecified atom stereocenters. The maximum atomic E-state index is 12.5. The highest BCUT2D eigenvalue weighted by molar-refractivity contribution is 5.95. The molecule has 0 bridgehead atoms. The van der Waals surface area contributed by atoms with E-state index in [2.05, 4.69) is 17.6 Å². The summed E-state index contributed by atoms with van der Waals surface area (Å²) in [7, 11) is 1.60. The summed E-state index contributed by atoms with van der Waals surface area (Å²) >= 11 is 0. The number of nitrogens with zero attached hydrogens (tertiary/aromatic N) is 1. The van der Waals surface area contributed by atoms with Crippen molar-refractivity contribution in [3.63, 3.8) is 0 Å². The van der Waals surface area contributed by atoms with Crippen LogP contribution in [0, 0.1) is 5.92 Å². The van der Waals surface area contributed by atoms with Crippen molar-refractivity contribution >= 4 is 17.5 Å². The summed E-state index contributed by atoms with van der Waals surface area (Å²) in [4.78, 5) is 25.6. The Labute approximate surface area is 125 Å². The molecule has 0 spiro atoms. The van der Waals surface area contributed by atoms with Gasteiger partial charge in [-0.2, -0.15) is 0 Å². The minimum atomic E-state index is -0.0863. The second kappa shape index (κ2) is 7.11. The molecule has 114 valence electrons. The van der Waals surface area contributed by atoms with Gasteiger partial charge in [0, 0.05) is 31.4 Å². The van der Waals surface area contributed by atoms with Crippen LogP contribution < -0.4 is 10.6 Å². The number of rotatable bonds is 4. The van der Waals surface area contributed by atoms with Gasteiger partial charge in [-0.05, 0) is 37.0 Å². The van der Waals surface area contributed by atoms with E-state index in [1.54, 1.807) is 7.05 Å². The van der Waals surface area contributed by atoms with Gasteiger partial charge in [-0.15, -0.1) is 0 Å². The molecule has 1 aliphatic heterocycles. The zero-order valence-electron chi connectivity index (χ0n) is 12.7. The second-order valence-corrected chi connectivity index (χ2v) is 5.58. The number of piperidine rings is 1. The Morgan fingerprint density at radius 3 is 2.67 bits per heavy atom. The molecule has 1 aliphatic rings. The maximum absolute atomic E-state index is 12.5. The quantitative estimate of drug-likeness (QED) is 0.887. The van der Waals surface area contributed by atoms with E-state index in [0.717, 1.165) is 31.6 Å². The Hall–Kier alpha value is -2.04. The Morgan fingerprint density at radius 1 is 1.29 bits per heavy atom. The first-order valence-corrected chi connectivity index (χ1v) is 7.44. The highest BCUT2D eigenvalue weighted by atomic mass is 16.2. The van der Waals surface area contributed by atoms with Gasteiger partial charge < -0.3 is 15.5 Å². The van der Waals surface area contributed by atoms with Crippen molar-refractivity contribution < 1.29 is 9.59 Å². The number of amides is 2. The van der Waals surface area contributed by atoms with Crippen LogP contribution in [0.15, 0.2) is 24.3 Å². The van der Waals surface area contributed by atoms with Crippen molar-refractivity contribution in [1.82, 2.24) is 10.2 Å². The van der Waals surface area contributed by atoms with E-state index in [9.17, 15) is 9.59 Å². The SMILES string of the molecule is CNC(=O)CNc1cccc(C(=O)N2CCC(C)CC2)c1. The van der Waals surface area contributed by atoms with Crippen molar-refractivity contribution in [3.05, 3.63) is 29.8 Å². The third-order valence-electron chi connectivity index (χ3n) is 3.91. The van der Waals surface area contributed by atoms with Crippen LogP contribution in [0.1, 0.15) is 30.1 Å². The first-order chi connectivity index (χ1) is 10.1. The molecule has 2 rings (SSSR count). The van der Waals surface area contributed by atoms with Crippen LogP contribution in [0.4, 0.5) is 5.69 Å². The average Bonchev–Trinajstić information content (AvgIpc) is 2.53. The van der Waals surface area contributed by atoms with Crippen molar-refractivity contribution in [1.29, 1.82) is 0 Å². The van der Waals surface area contributed by atoms with Crippen LogP contribution in [0.2, 0.25) is 0 Å². The first kappa shape index (κ1) is 15.4. The number of carbonyl (C=O) groups excluding carboxylic acids is 2. The molecule has 21 heavy (non-hydrogen) atoms. The van der Waals surface area contributed by atoms with Crippen LogP contribution in [-0.2, 0) is 4.79 Å². The molecule has 1 saturated heterocycles. The summed E-state index contributed by atoms with van der Waals surface area (Å²) in [5.74, 6) is 0.692.